The van der Waals surface area contributed by atoms with Crippen molar-refractivity contribution in [3.05, 3.63) is 89.8 Å². The summed E-state index contributed by atoms with van der Waals surface area (Å²) in [6.07, 6.45) is 4.46. The molecule has 0 saturated carbocycles. The Morgan fingerprint density at radius 1 is 0.680 bits per heavy atom. The lowest BCUT2D eigenvalue weighted by Gasteiger charge is -2.21. The summed E-state index contributed by atoms with van der Waals surface area (Å²) in [5.74, 6) is 0. The molecule has 0 atom stereocenters. The molecular formula is C20H23N5. The predicted molar refractivity (Wildman–Crippen MR) is 98.4 cm³/mol. The van der Waals surface area contributed by atoms with E-state index in [2.05, 4.69) is 20.9 Å². The Morgan fingerprint density at radius 2 is 1.24 bits per heavy atom. The molecule has 128 valence electrons. The number of pyridine rings is 3. The lowest BCUT2D eigenvalue weighted by molar-refractivity contribution is 0.238. The summed E-state index contributed by atoms with van der Waals surface area (Å²) >= 11 is 0. The molecule has 0 aliphatic rings. The molecule has 25 heavy (non-hydrogen) atoms. The molecule has 0 aliphatic heterocycles. The van der Waals surface area contributed by atoms with E-state index in [-0.39, 0.29) is 0 Å². The Morgan fingerprint density at radius 3 is 1.80 bits per heavy atom. The Bertz CT molecular complexity index is 720. The average molecular weight is 333 g/mol. The van der Waals surface area contributed by atoms with Crippen LogP contribution in [0.25, 0.3) is 0 Å². The number of rotatable bonds is 8. The van der Waals surface area contributed by atoms with Crippen LogP contribution in [-0.2, 0) is 26.1 Å². The second-order valence-electron chi connectivity index (χ2n) is 5.95. The van der Waals surface area contributed by atoms with Crippen molar-refractivity contribution in [1.29, 1.82) is 0 Å². The fraction of sp³-hybridized carbons (Fsp3) is 0.250. The van der Waals surface area contributed by atoms with Crippen LogP contribution in [0.1, 0.15) is 22.8 Å². The van der Waals surface area contributed by atoms with Crippen LogP contribution in [0.2, 0.25) is 0 Å². The minimum atomic E-state index is 0.613. The van der Waals surface area contributed by atoms with Gasteiger partial charge in [0.15, 0.2) is 0 Å². The molecule has 5 nitrogen and oxygen atoms in total. The molecular weight excluding hydrogens is 310 g/mol. The predicted octanol–water partition coefficient (Wildman–Crippen LogP) is 2.58. The smallest absolute Gasteiger partial charge is 0.0547 e. The Kier molecular flexibility index (Phi) is 6.20. The van der Waals surface area contributed by atoms with Gasteiger partial charge in [0.25, 0.3) is 0 Å². The highest BCUT2D eigenvalue weighted by atomic mass is 15.1. The molecule has 0 radical (unpaired) electrons. The van der Waals surface area contributed by atoms with Crippen molar-refractivity contribution in [3.8, 4) is 0 Å². The molecule has 5 heteroatoms. The zero-order chi connectivity index (χ0) is 17.3. The van der Waals surface area contributed by atoms with Gasteiger partial charge in [0.2, 0.25) is 0 Å². The second-order valence-corrected chi connectivity index (χ2v) is 5.95. The van der Waals surface area contributed by atoms with Gasteiger partial charge >= 0.3 is 0 Å². The summed E-state index contributed by atoms with van der Waals surface area (Å²) in [5.41, 5.74) is 9.80. The van der Waals surface area contributed by atoms with E-state index in [1.165, 1.54) is 0 Å². The molecule has 3 heterocycles. The SMILES string of the molecule is NCCc1cccc(CN(Cc2ccccn2)Cc2ccccn2)n1. The number of nitrogens with zero attached hydrogens (tertiary/aromatic N) is 4. The normalized spacial score (nSPS) is 11.0. The third kappa shape index (κ3) is 5.45. The standard InChI is InChI=1S/C20H23N5/c21-11-10-17-8-5-9-20(24-17)16-25(14-18-6-1-3-12-22-18)15-19-7-2-4-13-23-19/h1-9,12-13H,10-11,14-16,21H2. The van der Waals surface area contributed by atoms with Crippen LogP contribution in [0.15, 0.2) is 67.0 Å². The first-order valence-electron chi connectivity index (χ1n) is 8.50. The maximum atomic E-state index is 5.65. The van der Waals surface area contributed by atoms with Crippen LogP contribution >= 0.6 is 0 Å². The molecule has 0 saturated heterocycles. The molecule has 3 aromatic rings. The van der Waals surface area contributed by atoms with Crippen LogP contribution < -0.4 is 5.73 Å². The van der Waals surface area contributed by atoms with Crippen molar-refractivity contribution < 1.29 is 0 Å². The molecule has 0 bridgehead atoms. The fourth-order valence-electron chi connectivity index (χ4n) is 2.74. The molecule has 0 fully saturated rings. The van der Waals surface area contributed by atoms with E-state index < -0.39 is 0 Å². The summed E-state index contributed by atoms with van der Waals surface area (Å²) < 4.78 is 0. The van der Waals surface area contributed by atoms with Gasteiger partial charge in [0.05, 0.1) is 17.1 Å². The van der Waals surface area contributed by atoms with E-state index in [1.807, 2.05) is 60.9 Å². The van der Waals surface area contributed by atoms with Gasteiger partial charge in [0.1, 0.15) is 0 Å². The van der Waals surface area contributed by atoms with E-state index >= 15 is 0 Å². The summed E-state index contributed by atoms with van der Waals surface area (Å²) in [5, 5.41) is 0. The van der Waals surface area contributed by atoms with Crippen molar-refractivity contribution in [2.45, 2.75) is 26.1 Å². The van der Waals surface area contributed by atoms with Gasteiger partial charge in [-0.1, -0.05) is 18.2 Å². The van der Waals surface area contributed by atoms with E-state index in [1.54, 1.807) is 0 Å². The minimum absolute atomic E-state index is 0.613. The van der Waals surface area contributed by atoms with Gasteiger partial charge in [-0.25, -0.2) is 0 Å². The van der Waals surface area contributed by atoms with E-state index in [4.69, 9.17) is 10.7 Å². The Balaban J connectivity index is 1.76. The van der Waals surface area contributed by atoms with Gasteiger partial charge in [0, 0.05) is 44.1 Å². The molecule has 3 aromatic heterocycles. The van der Waals surface area contributed by atoms with Crippen molar-refractivity contribution in [3.63, 3.8) is 0 Å². The third-order valence-electron chi connectivity index (χ3n) is 3.87. The summed E-state index contributed by atoms with van der Waals surface area (Å²) in [7, 11) is 0. The van der Waals surface area contributed by atoms with E-state index in [0.717, 1.165) is 48.8 Å². The highest BCUT2D eigenvalue weighted by Crippen LogP contribution is 2.11. The summed E-state index contributed by atoms with van der Waals surface area (Å²) in [4.78, 5) is 15.9. The maximum Gasteiger partial charge on any atom is 0.0547 e. The average Bonchev–Trinajstić information content (AvgIpc) is 2.64. The minimum Gasteiger partial charge on any atom is -0.330 e. The van der Waals surface area contributed by atoms with Crippen LogP contribution in [-0.4, -0.2) is 26.4 Å². The second kappa shape index (κ2) is 9.01. The van der Waals surface area contributed by atoms with Gasteiger partial charge in [-0.2, -0.15) is 0 Å². The van der Waals surface area contributed by atoms with Crippen molar-refractivity contribution in [2.75, 3.05) is 6.54 Å². The molecule has 0 aromatic carbocycles. The van der Waals surface area contributed by atoms with Crippen molar-refractivity contribution >= 4 is 0 Å². The first kappa shape index (κ1) is 17.2. The monoisotopic (exact) mass is 333 g/mol. The zero-order valence-corrected chi connectivity index (χ0v) is 14.3. The van der Waals surface area contributed by atoms with Crippen LogP contribution in [0.5, 0.6) is 0 Å². The molecule has 0 unspecified atom stereocenters. The molecule has 3 rings (SSSR count). The van der Waals surface area contributed by atoms with Crippen LogP contribution in [0.3, 0.4) is 0 Å². The van der Waals surface area contributed by atoms with Gasteiger partial charge in [-0.05, 0) is 42.9 Å². The van der Waals surface area contributed by atoms with Gasteiger partial charge in [-0.3, -0.25) is 19.9 Å². The van der Waals surface area contributed by atoms with Crippen LogP contribution in [0, 0.1) is 0 Å². The van der Waals surface area contributed by atoms with Crippen molar-refractivity contribution in [1.82, 2.24) is 19.9 Å². The number of hydrogen-bond donors (Lipinski definition) is 1. The first-order chi connectivity index (χ1) is 12.3. The van der Waals surface area contributed by atoms with Crippen molar-refractivity contribution in [2.24, 2.45) is 5.73 Å². The fourth-order valence-corrected chi connectivity index (χ4v) is 2.74. The molecule has 0 amide bonds. The summed E-state index contributed by atoms with van der Waals surface area (Å²) in [6, 6.07) is 18.1. The van der Waals surface area contributed by atoms with Gasteiger partial charge in [-0.15, -0.1) is 0 Å². The lowest BCUT2D eigenvalue weighted by atomic mass is 10.2. The highest BCUT2D eigenvalue weighted by Gasteiger charge is 2.11. The number of aromatic nitrogens is 3. The van der Waals surface area contributed by atoms with Gasteiger partial charge < -0.3 is 5.73 Å². The number of hydrogen-bond acceptors (Lipinski definition) is 5. The van der Waals surface area contributed by atoms with E-state index in [9.17, 15) is 0 Å². The quantitative estimate of drug-likeness (QED) is 0.686. The largest absolute Gasteiger partial charge is 0.330 e. The first-order valence-corrected chi connectivity index (χ1v) is 8.50. The summed E-state index contributed by atoms with van der Waals surface area (Å²) in [6.45, 7) is 2.86. The van der Waals surface area contributed by atoms with E-state index in [0.29, 0.717) is 6.54 Å². The zero-order valence-electron chi connectivity index (χ0n) is 14.3. The molecule has 2 N–H and O–H groups in total. The number of nitrogens with two attached hydrogens (primary N) is 1. The highest BCUT2D eigenvalue weighted by molar-refractivity contribution is 5.13. The third-order valence-corrected chi connectivity index (χ3v) is 3.87. The maximum absolute atomic E-state index is 5.65. The topological polar surface area (TPSA) is 67.9 Å². The lowest BCUT2D eigenvalue weighted by Crippen LogP contribution is -2.24. The molecule has 0 spiro atoms. The Labute approximate surface area is 148 Å². The molecule has 0 aliphatic carbocycles. The van der Waals surface area contributed by atoms with Crippen LogP contribution in [0.4, 0.5) is 0 Å². The Hall–Kier alpha value is -2.63.